The molecule has 2 saturated carbocycles. The monoisotopic (exact) mass is 532 g/mol. The molecule has 0 atom stereocenters. The maximum atomic E-state index is 14.3. The number of ether oxygens (including phenoxy) is 1. The van der Waals surface area contributed by atoms with Crippen molar-refractivity contribution in [3.8, 4) is 11.1 Å². The van der Waals surface area contributed by atoms with Gasteiger partial charge >= 0.3 is 5.97 Å². The van der Waals surface area contributed by atoms with Crippen LogP contribution in [0.2, 0.25) is 0 Å². The molecular weight excluding hydrogens is 499 g/mol. The standard InChI is InChI=1S/C30H33FN4O4/c31-18-3-9-22-24(13-18)35-25(14-30(10-1-11-30)15-26(35)36)28(22)17-2-8-21(29(33)38)23(12-17)34-19-4-6-20(7-5-19)39-27(37)16-32/h2-3,8-9,12-13,19-20,34H,1,4-7,10-11,14-16,32H2,(H2,33,38). The van der Waals surface area contributed by atoms with Crippen molar-refractivity contribution in [1.82, 2.24) is 4.57 Å². The highest BCUT2D eigenvalue weighted by Gasteiger charge is 2.45. The van der Waals surface area contributed by atoms with Gasteiger partial charge in [-0.25, -0.2) is 4.39 Å². The number of hydrogen-bond donors (Lipinski definition) is 3. The Morgan fingerprint density at radius 3 is 2.51 bits per heavy atom. The molecule has 8 nitrogen and oxygen atoms in total. The number of aromatic nitrogens is 1. The number of nitrogens with two attached hydrogens (primary N) is 2. The third-order valence-electron chi connectivity index (χ3n) is 8.83. The average Bonchev–Trinajstić information content (AvgIpc) is 3.22. The van der Waals surface area contributed by atoms with Crippen LogP contribution in [0.5, 0.6) is 0 Å². The zero-order chi connectivity index (χ0) is 27.3. The van der Waals surface area contributed by atoms with Gasteiger partial charge in [-0.1, -0.05) is 12.5 Å². The van der Waals surface area contributed by atoms with E-state index in [0.717, 1.165) is 60.7 Å². The van der Waals surface area contributed by atoms with E-state index in [1.165, 1.54) is 12.1 Å². The molecule has 2 heterocycles. The zero-order valence-electron chi connectivity index (χ0n) is 21.8. The maximum Gasteiger partial charge on any atom is 0.319 e. The second kappa shape index (κ2) is 9.79. The molecule has 2 fully saturated rings. The predicted octanol–water partition coefficient (Wildman–Crippen LogP) is 4.53. The van der Waals surface area contributed by atoms with Crippen LogP contribution in [0.3, 0.4) is 0 Å². The Bertz CT molecular complexity index is 1480. The third-order valence-corrected chi connectivity index (χ3v) is 8.83. The molecule has 0 unspecified atom stereocenters. The Morgan fingerprint density at radius 1 is 1.08 bits per heavy atom. The van der Waals surface area contributed by atoms with Crippen molar-refractivity contribution in [3.05, 3.63) is 53.5 Å². The van der Waals surface area contributed by atoms with Crippen LogP contribution in [0.15, 0.2) is 36.4 Å². The Morgan fingerprint density at radius 2 is 1.85 bits per heavy atom. The first-order valence-electron chi connectivity index (χ1n) is 13.7. The molecule has 6 rings (SSSR count). The van der Waals surface area contributed by atoms with Crippen molar-refractivity contribution in [1.29, 1.82) is 0 Å². The molecule has 2 aliphatic carbocycles. The van der Waals surface area contributed by atoms with Gasteiger partial charge in [-0.2, -0.15) is 0 Å². The summed E-state index contributed by atoms with van der Waals surface area (Å²) < 4.78 is 21.4. The van der Waals surface area contributed by atoms with E-state index < -0.39 is 11.9 Å². The highest BCUT2D eigenvalue weighted by molar-refractivity contribution is 6.06. The van der Waals surface area contributed by atoms with Crippen LogP contribution in [0.25, 0.3) is 22.0 Å². The lowest BCUT2D eigenvalue weighted by Crippen LogP contribution is -2.40. The van der Waals surface area contributed by atoms with E-state index >= 15 is 0 Å². The van der Waals surface area contributed by atoms with Gasteiger partial charge in [0, 0.05) is 34.8 Å². The fourth-order valence-corrected chi connectivity index (χ4v) is 6.75. The summed E-state index contributed by atoms with van der Waals surface area (Å²) in [6, 6.07) is 10.2. The van der Waals surface area contributed by atoms with E-state index in [0.29, 0.717) is 36.0 Å². The molecule has 204 valence electrons. The summed E-state index contributed by atoms with van der Waals surface area (Å²) in [5.74, 6) is -1.31. The number of amides is 1. The molecule has 39 heavy (non-hydrogen) atoms. The highest BCUT2D eigenvalue weighted by atomic mass is 19.1. The van der Waals surface area contributed by atoms with Crippen molar-refractivity contribution in [3.63, 3.8) is 0 Å². The highest BCUT2D eigenvalue weighted by Crippen LogP contribution is 2.52. The second-order valence-electron chi connectivity index (χ2n) is 11.4. The van der Waals surface area contributed by atoms with Gasteiger partial charge in [0.25, 0.3) is 5.91 Å². The van der Waals surface area contributed by atoms with E-state index in [9.17, 15) is 18.8 Å². The summed E-state index contributed by atoms with van der Waals surface area (Å²) in [4.78, 5) is 37.3. The molecule has 1 spiro atoms. The van der Waals surface area contributed by atoms with Crippen LogP contribution in [-0.4, -0.2) is 41.0 Å². The topological polar surface area (TPSA) is 129 Å². The van der Waals surface area contributed by atoms with Gasteiger partial charge in [0.15, 0.2) is 0 Å². The second-order valence-corrected chi connectivity index (χ2v) is 11.4. The fraction of sp³-hybridized carbons (Fsp3) is 0.433. The Kier molecular flexibility index (Phi) is 6.41. The van der Waals surface area contributed by atoms with Gasteiger partial charge in [-0.15, -0.1) is 0 Å². The number of nitrogens with zero attached hydrogens (tertiary/aromatic N) is 1. The number of rotatable bonds is 6. The van der Waals surface area contributed by atoms with E-state index in [1.54, 1.807) is 16.7 Å². The predicted molar refractivity (Wildman–Crippen MR) is 146 cm³/mol. The van der Waals surface area contributed by atoms with E-state index in [4.69, 9.17) is 16.2 Å². The lowest BCUT2D eigenvalue weighted by atomic mass is 9.62. The smallest absolute Gasteiger partial charge is 0.319 e. The molecule has 0 bridgehead atoms. The minimum Gasteiger partial charge on any atom is -0.461 e. The Labute approximate surface area is 225 Å². The van der Waals surface area contributed by atoms with Gasteiger partial charge in [0.05, 0.1) is 17.6 Å². The summed E-state index contributed by atoms with van der Waals surface area (Å²) in [5, 5.41) is 4.32. The molecule has 1 aromatic heterocycles. The average molecular weight is 533 g/mol. The van der Waals surface area contributed by atoms with Crippen molar-refractivity contribution in [2.45, 2.75) is 69.9 Å². The maximum absolute atomic E-state index is 14.3. The molecule has 0 saturated heterocycles. The van der Waals surface area contributed by atoms with Crippen LogP contribution >= 0.6 is 0 Å². The molecule has 1 aliphatic heterocycles. The SMILES string of the molecule is NCC(=O)OC1CCC(Nc2cc(-c3c4n(c5cc(F)ccc35)C(=O)CC3(CCC3)C4)ccc2C(N)=O)CC1. The first-order valence-corrected chi connectivity index (χ1v) is 13.7. The molecule has 2 aromatic carbocycles. The lowest BCUT2D eigenvalue weighted by molar-refractivity contribution is -0.148. The first kappa shape index (κ1) is 25.6. The minimum absolute atomic E-state index is 0.0111. The van der Waals surface area contributed by atoms with Crippen LogP contribution in [0.1, 0.15) is 72.2 Å². The van der Waals surface area contributed by atoms with Crippen molar-refractivity contribution in [2.24, 2.45) is 16.9 Å². The van der Waals surface area contributed by atoms with Crippen LogP contribution in [0, 0.1) is 11.2 Å². The number of carbonyl (C=O) groups excluding carboxylic acids is 3. The molecule has 5 N–H and O–H groups in total. The lowest BCUT2D eigenvalue weighted by Gasteiger charge is -2.44. The Hall–Kier alpha value is -3.72. The minimum atomic E-state index is -0.538. The van der Waals surface area contributed by atoms with E-state index in [1.807, 2.05) is 12.1 Å². The van der Waals surface area contributed by atoms with Crippen molar-refractivity contribution >= 4 is 34.4 Å². The number of halogens is 1. The molecule has 9 heteroatoms. The number of benzene rings is 2. The summed E-state index contributed by atoms with van der Waals surface area (Å²) in [5.41, 5.74) is 15.3. The third kappa shape index (κ3) is 4.58. The molecule has 0 radical (unpaired) electrons. The number of nitrogens with one attached hydrogen (secondary N) is 1. The zero-order valence-corrected chi connectivity index (χ0v) is 21.8. The van der Waals surface area contributed by atoms with Crippen LogP contribution in [-0.2, 0) is 16.0 Å². The number of carbonyl (C=O) groups is 3. The molecule has 3 aliphatic rings. The fourth-order valence-electron chi connectivity index (χ4n) is 6.75. The summed E-state index contributed by atoms with van der Waals surface area (Å²) in [7, 11) is 0. The van der Waals surface area contributed by atoms with E-state index in [2.05, 4.69) is 5.32 Å². The number of esters is 1. The molecule has 1 amide bonds. The van der Waals surface area contributed by atoms with Crippen molar-refractivity contribution in [2.75, 3.05) is 11.9 Å². The Balaban J connectivity index is 1.37. The summed E-state index contributed by atoms with van der Waals surface area (Å²) in [6.45, 7) is -0.134. The normalized spacial score (nSPS) is 21.8. The first-order chi connectivity index (χ1) is 18.8. The number of anilines is 1. The largest absolute Gasteiger partial charge is 0.461 e. The van der Waals surface area contributed by atoms with Gasteiger partial charge in [-0.05, 0) is 86.3 Å². The van der Waals surface area contributed by atoms with Gasteiger partial charge in [0.2, 0.25) is 5.91 Å². The number of primary amides is 1. The quantitative estimate of drug-likeness (QED) is 0.400. The van der Waals surface area contributed by atoms with E-state index in [-0.39, 0.29) is 35.8 Å². The molecular formula is C30H33FN4O4. The van der Waals surface area contributed by atoms with Crippen molar-refractivity contribution < 1.29 is 23.5 Å². The van der Waals surface area contributed by atoms with Gasteiger partial charge in [0.1, 0.15) is 11.9 Å². The van der Waals surface area contributed by atoms with Gasteiger partial charge < -0.3 is 21.5 Å². The number of hydrogen-bond acceptors (Lipinski definition) is 6. The number of fused-ring (bicyclic) bond motifs is 3. The molecule has 3 aromatic rings. The van der Waals surface area contributed by atoms with Crippen LogP contribution < -0.4 is 16.8 Å². The summed E-state index contributed by atoms with van der Waals surface area (Å²) in [6.07, 6.45) is 7.15. The summed E-state index contributed by atoms with van der Waals surface area (Å²) >= 11 is 0. The van der Waals surface area contributed by atoms with Crippen LogP contribution in [0.4, 0.5) is 10.1 Å². The van der Waals surface area contributed by atoms with Gasteiger partial charge in [-0.3, -0.25) is 19.0 Å².